The zero-order chi connectivity index (χ0) is 16.3. The molecule has 0 spiro atoms. The van der Waals surface area contributed by atoms with Gasteiger partial charge in [-0.05, 0) is 37.6 Å². The smallest absolute Gasteiger partial charge is 0.337 e. The fourth-order valence-electron chi connectivity index (χ4n) is 2.23. The molecule has 0 bridgehead atoms. The van der Waals surface area contributed by atoms with Crippen LogP contribution in [-0.2, 0) is 11.8 Å². The van der Waals surface area contributed by atoms with Crippen LogP contribution in [-0.4, -0.2) is 28.6 Å². The van der Waals surface area contributed by atoms with E-state index >= 15 is 0 Å². The van der Waals surface area contributed by atoms with E-state index in [1.165, 1.54) is 13.2 Å². The summed E-state index contributed by atoms with van der Waals surface area (Å²) in [7, 11) is 3.15. The van der Waals surface area contributed by atoms with Crippen molar-refractivity contribution in [3.8, 4) is 0 Å². The molecule has 114 valence electrons. The van der Waals surface area contributed by atoms with Gasteiger partial charge in [0.15, 0.2) is 5.78 Å². The van der Waals surface area contributed by atoms with E-state index in [9.17, 15) is 9.59 Å². The summed E-state index contributed by atoms with van der Waals surface area (Å²) in [5, 5.41) is 4.24. The Morgan fingerprint density at radius 1 is 1.18 bits per heavy atom. The van der Waals surface area contributed by atoms with Gasteiger partial charge < -0.3 is 4.74 Å². The predicted molar refractivity (Wildman–Crippen MR) is 83.8 cm³/mol. The number of rotatable bonds is 4. The van der Waals surface area contributed by atoms with Crippen molar-refractivity contribution >= 4 is 17.8 Å². The molecule has 0 saturated carbocycles. The molecule has 0 aliphatic carbocycles. The van der Waals surface area contributed by atoms with Gasteiger partial charge in [0.05, 0.1) is 23.9 Å². The van der Waals surface area contributed by atoms with Crippen LogP contribution >= 0.6 is 0 Å². The molecule has 5 nitrogen and oxygen atoms in total. The third-order valence-corrected chi connectivity index (χ3v) is 3.51. The molecule has 1 aromatic heterocycles. The van der Waals surface area contributed by atoms with Crippen molar-refractivity contribution < 1.29 is 14.3 Å². The van der Waals surface area contributed by atoms with Crippen LogP contribution in [0.15, 0.2) is 30.3 Å². The molecule has 0 amide bonds. The number of ketones is 1. The summed E-state index contributed by atoms with van der Waals surface area (Å²) in [5.74, 6) is -0.464. The van der Waals surface area contributed by atoms with Crippen LogP contribution in [0.1, 0.15) is 37.7 Å². The van der Waals surface area contributed by atoms with Gasteiger partial charge in [0, 0.05) is 12.7 Å². The highest BCUT2D eigenvalue weighted by Gasteiger charge is 2.14. The molecule has 0 fully saturated rings. The van der Waals surface area contributed by atoms with E-state index in [-0.39, 0.29) is 11.8 Å². The molecule has 1 heterocycles. The Labute approximate surface area is 129 Å². The van der Waals surface area contributed by atoms with E-state index in [2.05, 4.69) is 9.84 Å². The molecule has 0 unspecified atom stereocenters. The minimum absolute atomic E-state index is 0.0832. The quantitative estimate of drug-likeness (QED) is 0.494. The number of aromatic nitrogens is 2. The number of carbonyl (C=O) groups is 2. The fraction of sp³-hybridized carbons (Fsp3) is 0.235. The molecule has 0 atom stereocenters. The first-order valence-corrected chi connectivity index (χ1v) is 6.85. The summed E-state index contributed by atoms with van der Waals surface area (Å²) in [5.41, 5.74) is 3.50. The molecular weight excluding hydrogens is 280 g/mol. The summed E-state index contributed by atoms with van der Waals surface area (Å²) < 4.78 is 6.34. The number of hydrogen-bond acceptors (Lipinski definition) is 4. The fourth-order valence-corrected chi connectivity index (χ4v) is 2.23. The maximum atomic E-state index is 12.3. The third kappa shape index (κ3) is 3.14. The second-order valence-electron chi connectivity index (χ2n) is 4.98. The number of hydrogen-bond donors (Lipinski definition) is 0. The summed E-state index contributed by atoms with van der Waals surface area (Å²) in [6, 6.07) is 6.85. The number of methoxy groups -OCH3 is 1. The van der Waals surface area contributed by atoms with Gasteiger partial charge in [0.2, 0.25) is 0 Å². The largest absolute Gasteiger partial charge is 0.465 e. The highest BCUT2D eigenvalue weighted by atomic mass is 16.5. The SMILES string of the molecule is COC(=O)c1ccc(C=CC(=O)c2c(C)nn(C)c2C)cc1. The van der Waals surface area contributed by atoms with Crippen molar-refractivity contribution in [1.82, 2.24) is 9.78 Å². The van der Waals surface area contributed by atoms with E-state index in [1.807, 2.05) is 20.9 Å². The van der Waals surface area contributed by atoms with Crippen LogP contribution in [0.3, 0.4) is 0 Å². The summed E-state index contributed by atoms with van der Waals surface area (Å²) in [6.07, 6.45) is 3.24. The van der Waals surface area contributed by atoms with Gasteiger partial charge in [-0.2, -0.15) is 5.10 Å². The van der Waals surface area contributed by atoms with Gasteiger partial charge in [-0.3, -0.25) is 9.48 Å². The van der Waals surface area contributed by atoms with Gasteiger partial charge in [0.1, 0.15) is 0 Å². The van der Waals surface area contributed by atoms with Crippen molar-refractivity contribution in [1.29, 1.82) is 0 Å². The Kier molecular flexibility index (Phi) is 4.56. The van der Waals surface area contributed by atoms with Crippen molar-refractivity contribution in [2.24, 2.45) is 7.05 Å². The maximum absolute atomic E-state index is 12.3. The Morgan fingerprint density at radius 3 is 2.32 bits per heavy atom. The molecule has 1 aromatic carbocycles. The van der Waals surface area contributed by atoms with Crippen LogP contribution in [0.2, 0.25) is 0 Å². The lowest BCUT2D eigenvalue weighted by Crippen LogP contribution is -2.00. The maximum Gasteiger partial charge on any atom is 0.337 e. The van der Waals surface area contributed by atoms with Crippen molar-refractivity contribution in [2.45, 2.75) is 13.8 Å². The number of carbonyl (C=O) groups excluding carboxylic acids is 2. The van der Waals surface area contributed by atoms with Crippen molar-refractivity contribution in [3.05, 3.63) is 58.4 Å². The molecule has 0 aliphatic rings. The first-order chi connectivity index (χ1) is 10.4. The molecule has 5 heteroatoms. The van der Waals surface area contributed by atoms with E-state index in [4.69, 9.17) is 0 Å². The lowest BCUT2D eigenvalue weighted by Gasteiger charge is -2.00. The average Bonchev–Trinajstić information content (AvgIpc) is 2.77. The molecule has 0 saturated heterocycles. The van der Waals surface area contributed by atoms with Crippen LogP contribution in [0.25, 0.3) is 6.08 Å². The van der Waals surface area contributed by atoms with Crippen molar-refractivity contribution in [2.75, 3.05) is 7.11 Å². The predicted octanol–water partition coefficient (Wildman–Crippen LogP) is 2.72. The molecule has 0 radical (unpaired) electrons. The van der Waals surface area contributed by atoms with Gasteiger partial charge in [-0.15, -0.1) is 0 Å². The van der Waals surface area contributed by atoms with Gasteiger partial charge in [-0.25, -0.2) is 4.79 Å². The van der Waals surface area contributed by atoms with Crippen LogP contribution < -0.4 is 0 Å². The van der Waals surface area contributed by atoms with Crippen LogP contribution in [0.4, 0.5) is 0 Å². The number of allylic oxidation sites excluding steroid dienone is 1. The molecule has 0 aliphatic heterocycles. The highest BCUT2D eigenvalue weighted by molar-refractivity contribution is 6.08. The van der Waals surface area contributed by atoms with Crippen LogP contribution in [0, 0.1) is 13.8 Å². The summed E-state index contributed by atoms with van der Waals surface area (Å²) >= 11 is 0. The molecule has 2 aromatic rings. The second-order valence-corrected chi connectivity index (χ2v) is 4.98. The van der Waals surface area contributed by atoms with Gasteiger partial charge in [-0.1, -0.05) is 18.2 Å². The molecule has 22 heavy (non-hydrogen) atoms. The lowest BCUT2D eigenvalue weighted by atomic mass is 10.1. The number of benzene rings is 1. The van der Waals surface area contributed by atoms with Gasteiger partial charge >= 0.3 is 5.97 Å². The average molecular weight is 298 g/mol. The minimum atomic E-state index is -0.381. The number of ether oxygens (including phenoxy) is 1. The van der Waals surface area contributed by atoms with E-state index < -0.39 is 0 Å². The van der Waals surface area contributed by atoms with Crippen molar-refractivity contribution in [3.63, 3.8) is 0 Å². The summed E-state index contributed by atoms with van der Waals surface area (Å²) in [6.45, 7) is 3.69. The number of nitrogens with zero attached hydrogens (tertiary/aromatic N) is 2. The Morgan fingerprint density at radius 2 is 1.82 bits per heavy atom. The Bertz CT molecular complexity index is 740. The third-order valence-electron chi connectivity index (χ3n) is 3.51. The van der Waals surface area contributed by atoms with E-state index in [0.717, 1.165) is 17.0 Å². The zero-order valence-electron chi connectivity index (χ0n) is 13.1. The van der Waals surface area contributed by atoms with E-state index in [1.54, 1.807) is 35.0 Å². The summed E-state index contributed by atoms with van der Waals surface area (Å²) in [4.78, 5) is 23.6. The number of aryl methyl sites for hydroxylation is 2. The highest BCUT2D eigenvalue weighted by Crippen LogP contribution is 2.14. The first kappa shape index (κ1) is 15.7. The molecular formula is C17H18N2O3. The molecule has 0 N–H and O–H groups in total. The lowest BCUT2D eigenvalue weighted by molar-refractivity contribution is 0.0600. The normalized spacial score (nSPS) is 10.9. The first-order valence-electron chi connectivity index (χ1n) is 6.85. The molecule has 2 rings (SSSR count). The Balaban J connectivity index is 2.18. The standard InChI is InChI=1S/C17H18N2O3/c1-11-16(12(2)19(3)18-11)15(20)10-7-13-5-8-14(9-6-13)17(21)22-4/h5-10H,1-4H3. The monoisotopic (exact) mass is 298 g/mol. The Hall–Kier alpha value is -2.69. The zero-order valence-corrected chi connectivity index (χ0v) is 13.1. The van der Waals surface area contributed by atoms with Crippen LogP contribution in [0.5, 0.6) is 0 Å². The second kappa shape index (κ2) is 6.39. The number of esters is 1. The topological polar surface area (TPSA) is 61.2 Å². The van der Waals surface area contributed by atoms with E-state index in [0.29, 0.717) is 11.1 Å². The minimum Gasteiger partial charge on any atom is -0.465 e. The van der Waals surface area contributed by atoms with Gasteiger partial charge in [0.25, 0.3) is 0 Å².